The Morgan fingerprint density at radius 1 is 0.963 bits per heavy atom. The fourth-order valence-electron chi connectivity index (χ4n) is 2.12. The molecule has 2 aromatic carbocycles. The van der Waals surface area contributed by atoms with E-state index in [9.17, 15) is 9.59 Å². The van der Waals surface area contributed by atoms with Crippen molar-refractivity contribution >= 4 is 27.9 Å². The number of halogens is 1. The van der Waals surface area contributed by atoms with E-state index >= 15 is 0 Å². The third-order valence-corrected chi connectivity index (χ3v) is 3.94. The van der Waals surface area contributed by atoms with Gasteiger partial charge in [0.05, 0.1) is 18.8 Å². The van der Waals surface area contributed by atoms with Crippen molar-refractivity contribution in [2.24, 2.45) is 0 Å². The maximum Gasteiger partial charge on any atom is 0.347 e. The van der Waals surface area contributed by atoms with Gasteiger partial charge in [0.15, 0.2) is 0 Å². The average Bonchev–Trinajstić information content (AvgIpc) is 2.67. The summed E-state index contributed by atoms with van der Waals surface area (Å²) in [7, 11) is 1.53. The van der Waals surface area contributed by atoms with Crippen LogP contribution in [0.1, 0.15) is 34.1 Å². The lowest BCUT2D eigenvalue weighted by atomic mass is 10.2. The number of benzene rings is 2. The number of carbonyl (C=O) groups excluding carboxylic acids is 2. The fraction of sp³-hybridized carbons (Fsp3) is 0.300. The highest BCUT2D eigenvalue weighted by Gasteiger charge is 2.16. The first-order valence-electron chi connectivity index (χ1n) is 8.45. The minimum absolute atomic E-state index is 0.176. The average molecular weight is 437 g/mol. The van der Waals surface area contributed by atoms with Crippen LogP contribution < -0.4 is 9.47 Å². The molecule has 0 aliphatic heterocycles. The zero-order valence-electron chi connectivity index (χ0n) is 15.2. The Morgan fingerprint density at radius 2 is 1.70 bits per heavy atom. The first-order valence-corrected chi connectivity index (χ1v) is 9.25. The molecule has 0 saturated carbocycles. The van der Waals surface area contributed by atoms with Crippen molar-refractivity contribution in [3.63, 3.8) is 0 Å². The molecule has 2 rings (SSSR count). The number of ether oxygens (including phenoxy) is 4. The third kappa shape index (κ3) is 6.37. The second kappa shape index (κ2) is 10.7. The molecule has 0 saturated heterocycles. The molecule has 0 bridgehead atoms. The first kappa shape index (κ1) is 20.9. The van der Waals surface area contributed by atoms with Gasteiger partial charge in [-0.1, -0.05) is 22.9 Å². The van der Waals surface area contributed by atoms with Crippen molar-refractivity contribution in [1.82, 2.24) is 0 Å². The number of carbonyl (C=O) groups is 2. The van der Waals surface area contributed by atoms with Gasteiger partial charge in [0.2, 0.25) is 0 Å². The van der Waals surface area contributed by atoms with E-state index in [1.165, 1.54) is 31.4 Å². The first-order chi connectivity index (χ1) is 13.0. The SMILES string of the molecule is CCCOc1ccc(Br)cc1C(=O)Oc1ccc(C(=O)OCCOC)cc1. The van der Waals surface area contributed by atoms with E-state index in [4.69, 9.17) is 18.9 Å². The predicted molar refractivity (Wildman–Crippen MR) is 103 cm³/mol. The van der Waals surface area contributed by atoms with Gasteiger partial charge < -0.3 is 18.9 Å². The molecule has 0 heterocycles. The highest BCUT2D eigenvalue weighted by Crippen LogP contribution is 2.25. The number of hydrogen-bond donors (Lipinski definition) is 0. The zero-order valence-corrected chi connectivity index (χ0v) is 16.8. The topological polar surface area (TPSA) is 71.1 Å². The summed E-state index contributed by atoms with van der Waals surface area (Å²) in [6.45, 7) is 2.99. The normalized spacial score (nSPS) is 10.3. The van der Waals surface area contributed by atoms with Gasteiger partial charge in [-0.05, 0) is 48.9 Å². The van der Waals surface area contributed by atoms with Crippen molar-refractivity contribution in [3.8, 4) is 11.5 Å². The molecule has 0 aliphatic carbocycles. The van der Waals surface area contributed by atoms with Crippen LogP contribution in [0.15, 0.2) is 46.9 Å². The maximum atomic E-state index is 12.5. The molecule has 2 aromatic rings. The lowest BCUT2D eigenvalue weighted by Gasteiger charge is -2.11. The maximum absolute atomic E-state index is 12.5. The Balaban J connectivity index is 2.05. The molecule has 0 radical (unpaired) electrons. The van der Waals surface area contributed by atoms with Gasteiger partial charge >= 0.3 is 11.9 Å². The molecule has 0 aromatic heterocycles. The quantitative estimate of drug-likeness (QED) is 0.332. The molecule has 144 valence electrons. The lowest BCUT2D eigenvalue weighted by Crippen LogP contribution is -2.12. The summed E-state index contributed by atoms with van der Waals surface area (Å²) in [4.78, 5) is 24.4. The van der Waals surface area contributed by atoms with Gasteiger partial charge in [-0.2, -0.15) is 0 Å². The van der Waals surface area contributed by atoms with Crippen molar-refractivity contribution in [1.29, 1.82) is 0 Å². The molecule has 0 amide bonds. The molecule has 7 heteroatoms. The second-order valence-corrected chi connectivity index (χ2v) is 6.45. The fourth-order valence-corrected chi connectivity index (χ4v) is 2.48. The summed E-state index contributed by atoms with van der Waals surface area (Å²) >= 11 is 3.35. The van der Waals surface area contributed by atoms with Crippen molar-refractivity contribution in [2.45, 2.75) is 13.3 Å². The van der Waals surface area contributed by atoms with Crippen LogP contribution in [0.25, 0.3) is 0 Å². The van der Waals surface area contributed by atoms with E-state index in [-0.39, 0.29) is 6.61 Å². The summed E-state index contributed by atoms with van der Waals surface area (Å²) in [5.41, 5.74) is 0.682. The van der Waals surface area contributed by atoms with E-state index in [2.05, 4.69) is 15.9 Å². The molecule has 0 aliphatic rings. The van der Waals surface area contributed by atoms with Crippen LogP contribution in [0.5, 0.6) is 11.5 Å². The molecule has 0 unspecified atom stereocenters. The number of hydrogen-bond acceptors (Lipinski definition) is 6. The van der Waals surface area contributed by atoms with E-state index in [0.29, 0.717) is 35.8 Å². The van der Waals surface area contributed by atoms with E-state index in [1.807, 2.05) is 6.92 Å². The number of rotatable bonds is 9. The highest BCUT2D eigenvalue weighted by molar-refractivity contribution is 9.10. The minimum Gasteiger partial charge on any atom is -0.493 e. The second-order valence-electron chi connectivity index (χ2n) is 5.53. The molecular formula is C20H21BrO6. The predicted octanol–water partition coefficient (Wildman–Crippen LogP) is 4.26. The molecular weight excluding hydrogens is 416 g/mol. The molecule has 0 fully saturated rings. The van der Waals surface area contributed by atoms with Gasteiger partial charge in [0.1, 0.15) is 23.7 Å². The molecule has 27 heavy (non-hydrogen) atoms. The number of methoxy groups -OCH3 is 1. The largest absolute Gasteiger partial charge is 0.493 e. The molecule has 0 N–H and O–H groups in total. The van der Waals surface area contributed by atoms with Crippen LogP contribution >= 0.6 is 15.9 Å². The third-order valence-electron chi connectivity index (χ3n) is 3.44. The van der Waals surface area contributed by atoms with Gasteiger partial charge in [0, 0.05) is 11.6 Å². The van der Waals surface area contributed by atoms with Crippen LogP contribution in [-0.4, -0.2) is 38.9 Å². The minimum atomic E-state index is -0.544. The molecule has 6 nitrogen and oxygen atoms in total. The summed E-state index contributed by atoms with van der Waals surface area (Å²) in [6, 6.07) is 11.3. The van der Waals surface area contributed by atoms with Crippen LogP contribution in [0.4, 0.5) is 0 Å². The smallest absolute Gasteiger partial charge is 0.347 e. The Hall–Kier alpha value is -2.38. The van der Waals surface area contributed by atoms with Gasteiger partial charge in [0.25, 0.3) is 0 Å². The molecule has 0 atom stereocenters. The van der Waals surface area contributed by atoms with Crippen molar-refractivity contribution in [2.75, 3.05) is 26.9 Å². The van der Waals surface area contributed by atoms with E-state index in [0.717, 1.165) is 10.9 Å². The standard InChI is InChI=1S/C20H21BrO6/c1-3-10-25-18-9-6-15(21)13-17(18)20(23)27-16-7-4-14(5-8-16)19(22)26-12-11-24-2/h4-9,13H,3,10-12H2,1-2H3. The Bertz CT molecular complexity index is 773. The lowest BCUT2D eigenvalue weighted by molar-refractivity contribution is 0.0388. The number of esters is 2. The van der Waals surface area contributed by atoms with Gasteiger partial charge in [-0.15, -0.1) is 0 Å². The monoisotopic (exact) mass is 436 g/mol. The van der Waals surface area contributed by atoms with E-state index < -0.39 is 11.9 Å². The van der Waals surface area contributed by atoms with Gasteiger partial charge in [-0.25, -0.2) is 9.59 Å². The summed E-state index contributed by atoms with van der Waals surface area (Å²) in [6.07, 6.45) is 0.826. The zero-order chi connectivity index (χ0) is 19.6. The van der Waals surface area contributed by atoms with Crippen LogP contribution in [-0.2, 0) is 9.47 Å². The van der Waals surface area contributed by atoms with Crippen LogP contribution in [0.3, 0.4) is 0 Å². The molecule has 0 spiro atoms. The summed E-state index contributed by atoms with van der Waals surface area (Å²) in [5, 5.41) is 0. The van der Waals surface area contributed by atoms with Crippen LogP contribution in [0, 0.1) is 0 Å². The highest BCUT2D eigenvalue weighted by atomic mass is 79.9. The van der Waals surface area contributed by atoms with E-state index in [1.54, 1.807) is 18.2 Å². The Morgan fingerprint density at radius 3 is 2.37 bits per heavy atom. The Labute approximate surface area is 166 Å². The summed E-state index contributed by atoms with van der Waals surface area (Å²) < 4.78 is 21.6. The van der Waals surface area contributed by atoms with Crippen molar-refractivity contribution in [3.05, 3.63) is 58.1 Å². The summed E-state index contributed by atoms with van der Waals surface area (Å²) in [5.74, 6) is -0.233. The Kier molecular flexibility index (Phi) is 8.29. The van der Waals surface area contributed by atoms with Gasteiger partial charge in [-0.3, -0.25) is 0 Å². The van der Waals surface area contributed by atoms with Crippen molar-refractivity contribution < 1.29 is 28.5 Å². The van der Waals surface area contributed by atoms with Crippen LogP contribution in [0.2, 0.25) is 0 Å².